The van der Waals surface area contributed by atoms with E-state index >= 15 is 0 Å². The number of benzene rings is 1. The molecule has 1 aliphatic rings. The monoisotopic (exact) mass is 357 g/mol. The van der Waals surface area contributed by atoms with Gasteiger partial charge in [0, 0.05) is 29.7 Å². The first-order valence-corrected chi connectivity index (χ1v) is 9.44. The summed E-state index contributed by atoms with van der Waals surface area (Å²) in [6.07, 6.45) is 3.34. The second-order valence-corrected chi connectivity index (χ2v) is 7.74. The number of hydrogen-bond acceptors (Lipinski definition) is 4. The van der Waals surface area contributed by atoms with Crippen molar-refractivity contribution in [3.63, 3.8) is 0 Å². The molecule has 132 valence electrons. The van der Waals surface area contributed by atoms with E-state index in [-0.39, 0.29) is 17.7 Å². The molecule has 1 N–H and O–H groups in total. The lowest BCUT2D eigenvalue weighted by atomic mass is 10.00. The van der Waals surface area contributed by atoms with Gasteiger partial charge in [-0.15, -0.1) is 11.3 Å². The Balaban J connectivity index is 1.66. The molecule has 1 aliphatic heterocycles. The second kappa shape index (κ2) is 7.35. The maximum Gasteiger partial charge on any atom is 0.233 e. The molecule has 0 unspecified atom stereocenters. The summed E-state index contributed by atoms with van der Waals surface area (Å²) < 4.78 is 0. The molecule has 0 spiro atoms. The number of thiazole rings is 1. The van der Waals surface area contributed by atoms with Gasteiger partial charge >= 0.3 is 0 Å². The van der Waals surface area contributed by atoms with Crippen LogP contribution in [0.2, 0.25) is 0 Å². The number of carbonyl (C=O) groups excluding carboxylic acids is 2. The molecule has 2 heterocycles. The largest absolute Gasteiger partial charge is 0.312 e. The number of amides is 2. The Morgan fingerprint density at radius 2 is 1.96 bits per heavy atom. The van der Waals surface area contributed by atoms with Crippen LogP contribution in [-0.2, 0) is 9.59 Å². The van der Waals surface area contributed by atoms with Gasteiger partial charge in [-0.1, -0.05) is 26.0 Å². The summed E-state index contributed by atoms with van der Waals surface area (Å²) in [4.78, 5) is 31.5. The molecular weight excluding hydrogens is 334 g/mol. The summed E-state index contributed by atoms with van der Waals surface area (Å²) in [5, 5.41) is 3.53. The Kier molecular flexibility index (Phi) is 5.18. The normalized spacial score (nSPS) is 15.7. The smallest absolute Gasteiger partial charge is 0.233 e. The van der Waals surface area contributed by atoms with Crippen LogP contribution in [0.1, 0.15) is 55.9 Å². The third-order valence-corrected chi connectivity index (χ3v) is 5.71. The van der Waals surface area contributed by atoms with Crippen LogP contribution in [0.25, 0.3) is 0 Å². The first kappa shape index (κ1) is 17.6. The minimum Gasteiger partial charge on any atom is -0.312 e. The number of carbonyl (C=O) groups is 2. The topological polar surface area (TPSA) is 62.3 Å². The zero-order chi connectivity index (χ0) is 18.0. The van der Waals surface area contributed by atoms with Crippen molar-refractivity contribution in [3.8, 4) is 0 Å². The lowest BCUT2D eigenvalue weighted by Gasteiger charge is -2.17. The van der Waals surface area contributed by atoms with E-state index in [2.05, 4.69) is 24.1 Å². The lowest BCUT2D eigenvalue weighted by Crippen LogP contribution is -2.23. The molecule has 6 heteroatoms. The van der Waals surface area contributed by atoms with Gasteiger partial charge in [-0.05, 0) is 37.0 Å². The predicted molar refractivity (Wildman–Crippen MR) is 101 cm³/mol. The number of aromatic nitrogens is 1. The molecule has 0 bridgehead atoms. The summed E-state index contributed by atoms with van der Waals surface area (Å²) in [6, 6.07) is 7.68. The number of anilines is 2. The fourth-order valence-corrected chi connectivity index (χ4v) is 3.66. The zero-order valence-corrected chi connectivity index (χ0v) is 15.6. The van der Waals surface area contributed by atoms with Gasteiger partial charge in [0.05, 0.1) is 5.92 Å². The summed E-state index contributed by atoms with van der Waals surface area (Å²) in [7, 11) is 0. The minimum atomic E-state index is -0.283. The van der Waals surface area contributed by atoms with Gasteiger partial charge < -0.3 is 10.2 Å². The fraction of sp³-hybridized carbons (Fsp3) is 0.421. The van der Waals surface area contributed by atoms with Gasteiger partial charge in [0.15, 0.2) is 5.13 Å². The molecule has 1 atom stereocenters. The van der Waals surface area contributed by atoms with Gasteiger partial charge in [0.25, 0.3) is 0 Å². The number of nitrogens with zero attached hydrogens (tertiary/aromatic N) is 2. The summed E-state index contributed by atoms with van der Waals surface area (Å²) in [5.41, 5.74) is 1.83. The molecular formula is C19H23N3O2S. The highest BCUT2D eigenvalue weighted by Crippen LogP contribution is 2.27. The second-order valence-electron chi connectivity index (χ2n) is 6.67. The average molecular weight is 357 g/mol. The molecule has 0 aliphatic carbocycles. The third-order valence-electron chi connectivity index (χ3n) is 4.49. The first-order valence-electron chi connectivity index (χ1n) is 8.62. The van der Waals surface area contributed by atoms with E-state index < -0.39 is 0 Å². The van der Waals surface area contributed by atoms with Crippen LogP contribution in [0.3, 0.4) is 0 Å². The van der Waals surface area contributed by atoms with Crippen LogP contribution in [0, 0.1) is 0 Å². The van der Waals surface area contributed by atoms with E-state index in [1.165, 1.54) is 11.3 Å². The molecule has 0 radical (unpaired) electrons. The highest BCUT2D eigenvalue weighted by Gasteiger charge is 2.22. The van der Waals surface area contributed by atoms with Gasteiger partial charge in [0.2, 0.25) is 11.8 Å². The highest BCUT2D eigenvalue weighted by molar-refractivity contribution is 7.15. The zero-order valence-electron chi connectivity index (χ0n) is 14.8. The molecule has 2 aromatic rings. The lowest BCUT2D eigenvalue weighted by molar-refractivity contribution is -0.118. The SMILES string of the molecule is CC(C)c1cnc(NC(=O)[C@H](C)c2ccc(N3CCCC3=O)cc2)s1. The Labute approximate surface area is 152 Å². The van der Waals surface area contributed by atoms with Crippen LogP contribution in [0.15, 0.2) is 30.5 Å². The minimum absolute atomic E-state index is 0.0744. The van der Waals surface area contributed by atoms with Crippen molar-refractivity contribution < 1.29 is 9.59 Å². The highest BCUT2D eigenvalue weighted by atomic mass is 32.1. The molecule has 1 aromatic carbocycles. The molecule has 25 heavy (non-hydrogen) atoms. The van der Waals surface area contributed by atoms with Crippen molar-refractivity contribution in [2.45, 2.75) is 45.4 Å². The fourth-order valence-electron chi connectivity index (χ4n) is 2.84. The van der Waals surface area contributed by atoms with E-state index in [0.717, 1.165) is 29.1 Å². The van der Waals surface area contributed by atoms with Gasteiger partial charge in [0.1, 0.15) is 0 Å². The van der Waals surface area contributed by atoms with Crippen LogP contribution in [0.4, 0.5) is 10.8 Å². The van der Waals surface area contributed by atoms with Crippen molar-refractivity contribution in [2.75, 3.05) is 16.8 Å². The van der Waals surface area contributed by atoms with E-state index in [0.29, 0.717) is 17.5 Å². The average Bonchev–Trinajstić information content (AvgIpc) is 3.23. The Bertz CT molecular complexity index is 767. The quantitative estimate of drug-likeness (QED) is 0.875. The van der Waals surface area contributed by atoms with Crippen LogP contribution in [0.5, 0.6) is 0 Å². The first-order chi connectivity index (χ1) is 12.0. The van der Waals surface area contributed by atoms with Crippen molar-refractivity contribution in [1.29, 1.82) is 0 Å². The van der Waals surface area contributed by atoms with E-state index in [4.69, 9.17) is 0 Å². The Morgan fingerprint density at radius 1 is 1.24 bits per heavy atom. The molecule has 3 rings (SSSR count). The van der Waals surface area contributed by atoms with Crippen molar-refractivity contribution in [3.05, 3.63) is 40.9 Å². The molecule has 1 fully saturated rings. The van der Waals surface area contributed by atoms with Crippen molar-refractivity contribution in [2.24, 2.45) is 0 Å². The van der Waals surface area contributed by atoms with E-state index in [9.17, 15) is 9.59 Å². The van der Waals surface area contributed by atoms with Crippen molar-refractivity contribution >= 4 is 34.0 Å². The number of rotatable bonds is 5. The maximum atomic E-state index is 12.5. The van der Waals surface area contributed by atoms with Crippen LogP contribution < -0.4 is 10.2 Å². The molecule has 1 saturated heterocycles. The number of nitrogens with one attached hydrogen (secondary N) is 1. The van der Waals surface area contributed by atoms with E-state index in [1.807, 2.05) is 37.4 Å². The standard InChI is InChI=1S/C19H23N3O2S/c1-12(2)16-11-20-19(25-16)21-18(24)13(3)14-6-8-15(9-7-14)22-10-4-5-17(22)23/h6-9,11-13H,4-5,10H2,1-3H3,(H,20,21,24)/t13-/m1/s1. The molecule has 1 aromatic heterocycles. The Morgan fingerprint density at radius 3 is 2.52 bits per heavy atom. The van der Waals surface area contributed by atoms with E-state index in [1.54, 1.807) is 4.90 Å². The van der Waals surface area contributed by atoms with Gasteiger partial charge in [-0.25, -0.2) is 4.98 Å². The molecule has 2 amide bonds. The predicted octanol–water partition coefficient (Wildman–Crippen LogP) is 4.14. The summed E-state index contributed by atoms with van der Waals surface area (Å²) >= 11 is 1.51. The van der Waals surface area contributed by atoms with Gasteiger partial charge in [-0.3, -0.25) is 9.59 Å². The molecule has 5 nitrogen and oxygen atoms in total. The summed E-state index contributed by atoms with van der Waals surface area (Å²) in [6.45, 7) is 6.86. The number of hydrogen-bond donors (Lipinski definition) is 1. The summed E-state index contributed by atoms with van der Waals surface area (Å²) in [5.74, 6) is 0.217. The van der Waals surface area contributed by atoms with Crippen LogP contribution >= 0.6 is 11.3 Å². The maximum absolute atomic E-state index is 12.5. The Hall–Kier alpha value is -2.21. The molecule has 0 saturated carbocycles. The third kappa shape index (κ3) is 3.90. The van der Waals surface area contributed by atoms with Crippen LogP contribution in [-0.4, -0.2) is 23.3 Å². The van der Waals surface area contributed by atoms with Gasteiger partial charge in [-0.2, -0.15) is 0 Å². The van der Waals surface area contributed by atoms with Crippen molar-refractivity contribution in [1.82, 2.24) is 4.98 Å².